The Balaban J connectivity index is 2.02. The van der Waals surface area contributed by atoms with Crippen molar-refractivity contribution in [3.05, 3.63) is 53.7 Å². The van der Waals surface area contributed by atoms with Crippen LogP contribution in [-0.2, 0) is 11.2 Å². The lowest BCUT2D eigenvalue weighted by Crippen LogP contribution is -2.04. The molecule has 29 heavy (non-hydrogen) atoms. The molecule has 8 heteroatoms. The van der Waals surface area contributed by atoms with Gasteiger partial charge in [0.05, 0.1) is 12.2 Å². The fourth-order valence-corrected chi connectivity index (χ4v) is 2.99. The molecule has 0 fully saturated rings. The van der Waals surface area contributed by atoms with Crippen molar-refractivity contribution in [2.45, 2.75) is 20.3 Å². The fraction of sp³-hybridized carbons (Fsp3) is 0.190. The van der Waals surface area contributed by atoms with Gasteiger partial charge in [0, 0.05) is 25.1 Å². The Labute approximate surface area is 168 Å². The van der Waals surface area contributed by atoms with Crippen molar-refractivity contribution in [1.29, 1.82) is 0 Å². The summed E-state index contributed by atoms with van der Waals surface area (Å²) < 4.78 is 10.9. The summed E-state index contributed by atoms with van der Waals surface area (Å²) in [4.78, 5) is 19.2. The highest BCUT2D eigenvalue weighted by molar-refractivity contribution is 5.79. The van der Waals surface area contributed by atoms with Gasteiger partial charge in [0.25, 0.3) is 0 Å². The zero-order valence-corrected chi connectivity index (χ0v) is 16.2. The largest absolute Gasteiger partial charge is 0.507 e. The Bertz CT molecular complexity index is 1050. The first-order chi connectivity index (χ1) is 13.9. The maximum absolute atomic E-state index is 11.2. The lowest BCUT2D eigenvalue weighted by molar-refractivity contribution is -0.131. The van der Waals surface area contributed by atoms with E-state index in [2.05, 4.69) is 9.97 Å². The van der Waals surface area contributed by atoms with Crippen LogP contribution in [0.2, 0.25) is 0 Å². The summed E-state index contributed by atoms with van der Waals surface area (Å²) >= 11 is 0. The molecule has 150 valence electrons. The summed E-state index contributed by atoms with van der Waals surface area (Å²) in [5.74, 6) is 0.876. The number of aromatic nitrogens is 2. The molecule has 0 aliphatic carbocycles. The lowest BCUT2D eigenvalue weighted by atomic mass is 9.98. The predicted molar refractivity (Wildman–Crippen MR) is 110 cm³/mol. The molecule has 3 aromatic rings. The van der Waals surface area contributed by atoms with Gasteiger partial charge in [0.2, 0.25) is 5.95 Å². The molecule has 0 radical (unpaired) electrons. The number of carbonyl (C=O) groups is 1. The summed E-state index contributed by atoms with van der Waals surface area (Å²) in [5.41, 5.74) is 14.1. The first kappa shape index (κ1) is 19.9. The predicted octanol–water partition coefficient (Wildman–Crippen LogP) is 2.93. The first-order valence-electron chi connectivity index (χ1n) is 9.01. The first-order valence-corrected chi connectivity index (χ1v) is 9.01. The second-order valence-corrected chi connectivity index (χ2v) is 6.36. The van der Waals surface area contributed by atoms with E-state index in [9.17, 15) is 9.90 Å². The second kappa shape index (κ2) is 8.47. The molecule has 0 atom stereocenters. The number of hydrogen-bond donors (Lipinski definition) is 3. The lowest BCUT2D eigenvalue weighted by Gasteiger charge is -2.15. The van der Waals surface area contributed by atoms with Crippen LogP contribution in [0.3, 0.4) is 0 Å². The summed E-state index contributed by atoms with van der Waals surface area (Å²) in [6.45, 7) is 3.60. The smallest absolute Gasteiger partial charge is 0.308 e. The van der Waals surface area contributed by atoms with Crippen LogP contribution in [0.25, 0.3) is 11.1 Å². The number of nitrogens with two attached hydrogens (primary N) is 2. The molecular formula is C21H22N4O4. The molecule has 5 N–H and O–H groups in total. The van der Waals surface area contributed by atoms with E-state index in [4.69, 9.17) is 20.9 Å². The molecule has 2 aromatic carbocycles. The zero-order valence-electron chi connectivity index (χ0n) is 16.2. The van der Waals surface area contributed by atoms with E-state index in [-0.39, 0.29) is 17.5 Å². The Hall–Kier alpha value is -3.81. The maximum atomic E-state index is 11.2. The summed E-state index contributed by atoms with van der Waals surface area (Å²) in [6, 6.07) is 10.3. The third-order valence-corrected chi connectivity index (χ3v) is 4.14. The number of carbonyl (C=O) groups excluding carboxylic acids is 1. The van der Waals surface area contributed by atoms with Crippen molar-refractivity contribution in [2.75, 3.05) is 18.1 Å². The summed E-state index contributed by atoms with van der Waals surface area (Å²) in [7, 11) is 0. The number of nitrogen functional groups attached to an aromatic ring is 2. The van der Waals surface area contributed by atoms with Gasteiger partial charge in [0.1, 0.15) is 23.1 Å². The average molecular weight is 394 g/mol. The molecule has 3 rings (SSSR count). The van der Waals surface area contributed by atoms with Crippen LogP contribution in [0, 0.1) is 0 Å². The van der Waals surface area contributed by atoms with Crippen LogP contribution in [-0.4, -0.2) is 27.7 Å². The third kappa shape index (κ3) is 4.73. The second-order valence-electron chi connectivity index (χ2n) is 6.36. The molecule has 0 bridgehead atoms. The Kier molecular flexibility index (Phi) is 5.82. The molecule has 8 nitrogen and oxygen atoms in total. The van der Waals surface area contributed by atoms with Gasteiger partial charge in [-0.3, -0.25) is 4.79 Å². The molecule has 0 amide bonds. The topological polar surface area (TPSA) is 134 Å². The van der Waals surface area contributed by atoms with Gasteiger partial charge in [-0.15, -0.1) is 0 Å². The molecule has 0 spiro atoms. The van der Waals surface area contributed by atoms with Gasteiger partial charge < -0.3 is 26.0 Å². The minimum Gasteiger partial charge on any atom is -0.507 e. The molecule has 0 aliphatic heterocycles. The Morgan fingerprint density at radius 1 is 1.21 bits per heavy atom. The van der Waals surface area contributed by atoms with Crippen molar-refractivity contribution in [3.8, 4) is 28.4 Å². The molecule has 0 aliphatic rings. The van der Waals surface area contributed by atoms with E-state index in [0.29, 0.717) is 41.2 Å². The molecule has 0 saturated carbocycles. The van der Waals surface area contributed by atoms with Crippen LogP contribution in [0.15, 0.2) is 42.6 Å². The van der Waals surface area contributed by atoms with Gasteiger partial charge in [-0.05, 0) is 42.3 Å². The van der Waals surface area contributed by atoms with Gasteiger partial charge in [-0.2, -0.15) is 4.98 Å². The number of rotatable bonds is 6. The number of nitrogens with zero attached hydrogens (tertiary/aromatic N) is 2. The van der Waals surface area contributed by atoms with Crippen LogP contribution in [0.5, 0.6) is 17.2 Å². The molecule has 0 saturated heterocycles. The SMILES string of the molecule is CCOc1cc(Cc2cnc(N)nc2N)cc(O)c1-c1cccc(OC(C)=O)c1. The minimum absolute atomic E-state index is 0.0286. The van der Waals surface area contributed by atoms with Crippen LogP contribution in [0.1, 0.15) is 25.0 Å². The zero-order chi connectivity index (χ0) is 21.0. The highest BCUT2D eigenvalue weighted by atomic mass is 16.5. The summed E-state index contributed by atoms with van der Waals surface area (Å²) in [5, 5.41) is 10.7. The number of anilines is 2. The van der Waals surface area contributed by atoms with Crippen molar-refractivity contribution < 1.29 is 19.4 Å². The standard InChI is InChI=1S/C21H22N4O4/c1-3-28-18-9-13(7-15-11-24-21(23)25-20(15)22)8-17(27)19(18)14-5-4-6-16(10-14)29-12(2)26/h4-6,8-11,27H,3,7H2,1-2H3,(H4,22,23,24,25). The van der Waals surface area contributed by atoms with Crippen molar-refractivity contribution in [1.82, 2.24) is 9.97 Å². The van der Waals surface area contributed by atoms with Gasteiger partial charge >= 0.3 is 5.97 Å². The maximum Gasteiger partial charge on any atom is 0.308 e. The van der Waals surface area contributed by atoms with E-state index in [1.165, 1.54) is 6.92 Å². The Morgan fingerprint density at radius 2 is 2.00 bits per heavy atom. The number of benzene rings is 2. The van der Waals surface area contributed by atoms with Gasteiger partial charge in [-0.25, -0.2) is 4.98 Å². The molecule has 1 heterocycles. The van der Waals surface area contributed by atoms with Crippen molar-refractivity contribution in [2.24, 2.45) is 0 Å². The van der Waals surface area contributed by atoms with E-state index >= 15 is 0 Å². The monoisotopic (exact) mass is 394 g/mol. The van der Waals surface area contributed by atoms with Gasteiger partial charge in [0.15, 0.2) is 0 Å². The van der Waals surface area contributed by atoms with Crippen molar-refractivity contribution in [3.63, 3.8) is 0 Å². The van der Waals surface area contributed by atoms with E-state index in [1.54, 1.807) is 36.5 Å². The number of phenolic OH excluding ortho intramolecular Hbond substituents is 1. The van der Waals surface area contributed by atoms with Crippen LogP contribution in [0.4, 0.5) is 11.8 Å². The van der Waals surface area contributed by atoms with E-state index < -0.39 is 5.97 Å². The molecule has 1 aromatic heterocycles. The Morgan fingerprint density at radius 3 is 2.69 bits per heavy atom. The number of phenols is 1. The number of ether oxygens (including phenoxy) is 2. The van der Waals surface area contributed by atoms with Crippen molar-refractivity contribution >= 4 is 17.7 Å². The van der Waals surface area contributed by atoms with E-state index in [0.717, 1.165) is 5.56 Å². The van der Waals surface area contributed by atoms with Crippen LogP contribution >= 0.6 is 0 Å². The number of esters is 1. The molecular weight excluding hydrogens is 372 g/mol. The minimum atomic E-state index is -0.421. The highest BCUT2D eigenvalue weighted by Gasteiger charge is 2.16. The fourth-order valence-electron chi connectivity index (χ4n) is 2.99. The van der Waals surface area contributed by atoms with Crippen LogP contribution < -0.4 is 20.9 Å². The van der Waals surface area contributed by atoms with Gasteiger partial charge in [-0.1, -0.05) is 12.1 Å². The quantitative estimate of drug-likeness (QED) is 0.429. The normalized spacial score (nSPS) is 10.6. The average Bonchev–Trinajstić information content (AvgIpc) is 2.64. The molecule has 0 unspecified atom stereocenters. The van der Waals surface area contributed by atoms with E-state index in [1.807, 2.05) is 13.0 Å². The highest BCUT2D eigenvalue weighted by Crippen LogP contribution is 2.40. The number of hydrogen-bond acceptors (Lipinski definition) is 8. The summed E-state index contributed by atoms with van der Waals surface area (Å²) in [6.07, 6.45) is 1.96. The number of aromatic hydroxyl groups is 1. The third-order valence-electron chi connectivity index (χ3n) is 4.14.